The quantitative estimate of drug-likeness (QED) is 0.450. The normalized spacial score (nSPS) is 13.8. The number of hydrogen-bond donors (Lipinski definition) is 3. The van der Waals surface area contributed by atoms with Crippen LogP contribution >= 0.6 is 0 Å². The van der Waals surface area contributed by atoms with Crippen LogP contribution in [0.25, 0.3) is 0 Å². The Hall–Kier alpha value is -0.970. The van der Waals surface area contributed by atoms with Gasteiger partial charge in [0, 0.05) is 5.69 Å². The summed E-state index contributed by atoms with van der Waals surface area (Å²) in [6.45, 7) is 2.01. The molecule has 4 heteroatoms. The number of aliphatic hydroxyl groups is 2. The van der Waals surface area contributed by atoms with E-state index in [4.69, 9.17) is 10.8 Å². The van der Waals surface area contributed by atoms with Crippen LogP contribution < -0.4 is 5.73 Å². The first-order valence-electron chi connectivity index (χ1n) is 9.69. The number of aliphatic hydroxyl groups excluding tert-OH is 2. The fourth-order valence-electron chi connectivity index (χ4n) is 2.91. The highest BCUT2D eigenvalue weighted by Gasteiger charge is 2.17. The monoisotopic (exact) mass is 336 g/mol. The van der Waals surface area contributed by atoms with Gasteiger partial charge in [-0.1, -0.05) is 70.8 Å². The molecule has 0 fully saturated rings. The highest BCUT2D eigenvalue weighted by molar-refractivity contribution is 5.14. The lowest BCUT2D eigenvalue weighted by molar-refractivity contribution is 0.106. The van der Waals surface area contributed by atoms with Gasteiger partial charge in [-0.2, -0.15) is 0 Å². The number of aromatic nitrogens is 1. The molecule has 4 nitrogen and oxygen atoms in total. The summed E-state index contributed by atoms with van der Waals surface area (Å²) in [5.74, 6) is 0. The number of rotatable bonds is 14. The Morgan fingerprint density at radius 1 is 0.958 bits per heavy atom. The van der Waals surface area contributed by atoms with E-state index in [1.165, 1.54) is 57.8 Å². The van der Waals surface area contributed by atoms with Crippen LogP contribution in [-0.4, -0.2) is 27.8 Å². The molecule has 0 saturated heterocycles. The van der Waals surface area contributed by atoms with E-state index in [0.29, 0.717) is 5.69 Å². The Morgan fingerprint density at radius 2 is 1.54 bits per heavy atom. The molecule has 0 radical (unpaired) electrons. The van der Waals surface area contributed by atoms with Crippen LogP contribution in [0, 0.1) is 0 Å². The van der Waals surface area contributed by atoms with Gasteiger partial charge in [0.1, 0.15) is 6.10 Å². The third-order valence-corrected chi connectivity index (χ3v) is 4.53. The summed E-state index contributed by atoms with van der Waals surface area (Å²) in [5, 5.41) is 19.0. The van der Waals surface area contributed by atoms with Crippen LogP contribution in [0.5, 0.6) is 0 Å². The van der Waals surface area contributed by atoms with Gasteiger partial charge < -0.3 is 15.9 Å². The van der Waals surface area contributed by atoms with E-state index in [0.717, 1.165) is 18.5 Å². The van der Waals surface area contributed by atoms with Gasteiger partial charge in [0.15, 0.2) is 0 Å². The second-order valence-electron chi connectivity index (χ2n) is 6.78. The van der Waals surface area contributed by atoms with E-state index >= 15 is 0 Å². The molecule has 0 aliphatic carbocycles. The SMILES string of the molecule is CCCCCCCCCCCCc1cccc(C(O)C(N)CO)n1. The van der Waals surface area contributed by atoms with Gasteiger partial charge in [-0.15, -0.1) is 0 Å². The van der Waals surface area contributed by atoms with Crippen LogP contribution in [-0.2, 0) is 6.42 Å². The molecule has 4 N–H and O–H groups in total. The summed E-state index contributed by atoms with van der Waals surface area (Å²) in [6.07, 6.45) is 13.3. The van der Waals surface area contributed by atoms with E-state index in [2.05, 4.69) is 11.9 Å². The van der Waals surface area contributed by atoms with Crippen molar-refractivity contribution in [2.75, 3.05) is 6.61 Å². The van der Waals surface area contributed by atoms with Crippen molar-refractivity contribution >= 4 is 0 Å². The van der Waals surface area contributed by atoms with Crippen LogP contribution in [0.3, 0.4) is 0 Å². The first-order valence-corrected chi connectivity index (χ1v) is 9.69. The average molecular weight is 337 g/mol. The zero-order chi connectivity index (χ0) is 17.6. The van der Waals surface area contributed by atoms with Gasteiger partial charge in [-0.3, -0.25) is 4.98 Å². The molecule has 24 heavy (non-hydrogen) atoms. The van der Waals surface area contributed by atoms with Gasteiger partial charge in [0.2, 0.25) is 0 Å². The minimum absolute atomic E-state index is 0.245. The van der Waals surface area contributed by atoms with E-state index < -0.39 is 12.1 Å². The Labute approximate surface area is 147 Å². The van der Waals surface area contributed by atoms with Crippen molar-refractivity contribution in [1.82, 2.24) is 4.98 Å². The van der Waals surface area contributed by atoms with Gasteiger partial charge in [0.25, 0.3) is 0 Å². The lowest BCUT2D eigenvalue weighted by Crippen LogP contribution is -2.32. The maximum absolute atomic E-state index is 10.0. The van der Waals surface area contributed by atoms with E-state index in [1.807, 2.05) is 12.1 Å². The van der Waals surface area contributed by atoms with E-state index in [-0.39, 0.29) is 6.61 Å². The topological polar surface area (TPSA) is 79.4 Å². The maximum Gasteiger partial charge on any atom is 0.113 e. The van der Waals surface area contributed by atoms with Gasteiger partial charge in [0.05, 0.1) is 18.3 Å². The molecule has 1 heterocycles. The van der Waals surface area contributed by atoms with Gasteiger partial charge in [-0.05, 0) is 25.0 Å². The van der Waals surface area contributed by atoms with E-state index in [9.17, 15) is 5.11 Å². The Kier molecular flexibility index (Phi) is 11.7. The minimum Gasteiger partial charge on any atom is -0.395 e. The fraction of sp³-hybridized carbons (Fsp3) is 0.750. The van der Waals surface area contributed by atoms with Crippen LogP contribution in [0.1, 0.15) is 88.6 Å². The Morgan fingerprint density at radius 3 is 2.12 bits per heavy atom. The van der Waals surface area contributed by atoms with Crippen molar-refractivity contribution < 1.29 is 10.2 Å². The Bertz CT molecular complexity index is 426. The lowest BCUT2D eigenvalue weighted by atomic mass is 10.0. The number of nitrogens with zero attached hydrogens (tertiary/aromatic N) is 1. The largest absolute Gasteiger partial charge is 0.395 e. The average Bonchev–Trinajstić information content (AvgIpc) is 2.62. The molecule has 2 atom stereocenters. The summed E-state index contributed by atoms with van der Waals surface area (Å²) in [5.41, 5.74) is 7.22. The summed E-state index contributed by atoms with van der Waals surface area (Å²) in [6, 6.07) is 4.99. The number of pyridine rings is 1. The van der Waals surface area contributed by atoms with Gasteiger partial charge in [-0.25, -0.2) is 0 Å². The predicted octanol–water partition coefficient (Wildman–Crippen LogP) is 3.90. The molecule has 0 amide bonds. The molecule has 138 valence electrons. The van der Waals surface area contributed by atoms with Crippen molar-refractivity contribution in [2.45, 2.75) is 89.7 Å². The zero-order valence-corrected chi connectivity index (χ0v) is 15.3. The van der Waals surface area contributed by atoms with Crippen molar-refractivity contribution in [3.8, 4) is 0 Å². The fourth-order valence-corrected chi connectivity index (χ4v) is 2.91. The number of unbranched alkanes of at least 4 members (excludes halogenated alkanes) is 9. The van der Waals surface area contributed by atoms with Gasteiger partial charge >= 0.3 is 0 Å². The number of aryl methyl sites for hydroxylation is 1. The molecule has 0 aliphatic rings. The van der Waals surface area contributed by atoms with E-state index in [1.54, 1.807) is 6.07 Å². The van der Waals surface area contributed by atoms with Crippen molar-refractivity contribution in [3.63, 3.8) is 0 Å². The van der Waals surface area contributed by atoms with Crippen molar-refractivity contribution in [3.05, 3.63) is 29.6 Å². The summed E-state index contributed by atoms with van der Waals surface area (Å²) < 4.78 is 0. The Balaban J connectivity index is 2.15. The first kappa shape index (κ1) is 21.1. The molecule has 0 saturated carbocycles. The van der Waals surface area contributed by atoms with Crippen LogP contribution in [0.4, 0.5) is 0 Å². The molecule has 1 rings (SSSR count). The number of nitrogens with two attached hydrogens (primary N) is 1. The molecule has 2 unspecified atom stereocenters. The molecule has 1 aromatic heterocycles. The molecular formula is C20H36N2O2. The first-order chi connectivity index (χ1) is 11.7. The third kappa shape index (κ3) is 8.76. The lowest BCUT2D eigenvalue weighted by Gasteiger charge is -2.16. The highest BCUT2D eigenvalue weighted by Crippen LogP contribution is 2.15. The minimum atomic E-state index is -0.900. The van der Waals surface area contributed by atoms with Crippen LogP contribution in [0.2, 0.25) is 0 Å². The maximum atomic E-state index is 10.0. The summed E-state index contributed by atoms with van der Waals surface area (Å²) in [7, 11) is 0. The highest BCUT2D eigenvalue weighted by atomic mass is 16.3. The predicted molar refractivity (Wildman–Crippen MR) is 99.8 cm³/mol. The van der Waals surface area contributed by atoms with Crippen molar-refractivity contribution in [2.24, 2.45) is 5.73 Å². The zero-order valence-electron chi connectivity index (χ0n) is 15.3. The molecule has 0 bridgehead atoms. The second kappa shape index (κ2) is 13.3. The number of hydrogen-bond acceptors (Lipinski definition) is 4. The van der Waals surface area contributed by atoms with Crippen molar-refractivity contribution in [1.29, 1.82) is 0 Å². The summed E-state index contributed by atoms with van der Waals surface area (Å²) in [4.78, 5) is 4.48. The smallest absolute Gasteiger partial charge is 0.113 e. The standard InChI is InChI=1S/C20H36N2O2/c1-2-3-4-5-6-7-8-9-10-11-13-17-14-12-15-19(22-17)20(24)18(21)16-23/h12,14-15,18,20,23-24H,2-11,13,16,21H2,1H3. The molecule has 0 aliphatic heterocycles. The second-order valence-corrected chi connectivity index (χ2v) is 6.78. The third-order valence-electron chi connectivity index (χ3n) is 4.53. The molecular weight excluding hydrogens is 300 g/mol. The van der Waals surface area contributed by atoms with Crippen LogP contribution in [0.15, 0.2) is 18.2 Å². The molecule has 0 aromatic carbocycles. The molecule has 0 spiro atoms. The molecule has 1 aromatic rings. The summed E-state index contributed by atoms with van der Waals surface area (Å²) >= 11 is 0.